The summed E-state index contributed by atoms with van der Waals surface area (Å²) in [7, 11) is -1.54. The van der Waals surface area contributed by atoms with Crippen molar-refractivity contribution in [1.29, 1.82) is 0 Å². The van der Waals surface area contributed by atoms with Crippen molar-refractivity contribution in [3.05, 3.63) is 77.7 Å². The van der Waals surface area contributed by atoms with Crippen LogP contribution in [0.25, 0.3) is 0 Å². The lowest BCUT2D eigenvalue weighted by Crippen LogP contribution is -2.46. The first-order valence-electron chi connectivity index (χ1n) is 12.8. The zero-order valence-electron chi connectivity index (χ0n) is 22.3. The zero-order valence-corrected chi connectivity index (χ0v) is 23.9. The maximum absolute atomic E-state index is 15.5. The standard InChI is InChI=1S/C28H31FN4O5S.ClH/c1-37-20-7-5-8-21(19-20)39(35,36)33-24-11-12-25(38-2)31-26(24)28(27(33)34,22-9-3-4-10-23(22)29)13-6-16-32-17-14-30-15-18-32;/h3-5,7-12,19,30H,6,13-18H2,1-2H3;1H. The van der Waals surface area contributed by atoms with Crippen LogP contribution < -0.4 is 19.1 Å². The topological polar surface area (TPSA) is 101 Å². The van der Waals surface area contributed by atoms with Crippen molar-refractivity contribution in [3.8, 4) is 11.6 Å². The summed E-state index contributed by atoms with van der Waals surface area (Å²) < 4.78 is 55.0. The Bertz CT molecular complexity index is 1490. The SMILES string of the molecule is COc1cccc(S(=O)(=O)N2C(=O)C(CCCN3CCNCC3)(c3ccccc3F)c3nc(OC)ccc32)c1.Cl. The third kappa shape index (κ3) is 5.14. The predicted molar refractivity (Wildman–Crippen MR) is 151 cm³/mol. The molecule has 1 amide bonds. The number of piperazine rings is 1. The minimum absolute atomic E-state index is 0. The fourth-order valence-electron chi connectivity index (χ4n) is 5.43. The summed E-state index contributed by atoms with van der Waals surface area (Å²) in [5.41, 5.74) is -1.35. The molecule has 1 aromatic heterocycles. The quantitative estimate of drug-likeness (QED) is 0.405. The zero-order chi connectivity index (χ0) is 27.6. The van der Waals surface area contributed by atoms with Crippen molar-refractivity contribution in [1.82, 2.24) is 15.2 Å². The average Bonchev–Trinajstić information content (AvgIpc) is 3.21. The molecule has 2 aliphatic rings. The van der Waals surface area contributed by atoms with Crippen LogP contribution in [0.15, 0.2) is 65.6 Å². The molecule has 0 bridgehead atoms. The summed E-state index contributed by atoms with van der Waals surface area (Å²) in [6.45, 7) is 4.13. The molecule has 5 rings (SSSR count). The molecule has 2 aromatic carbocycles. The number of benzene rings is 2. The number of aromatic nitrogens is 1. The van der Waals surface area contributed by atoms with Gasteiger partial charge in [-0.25, -0.2) is 17.8 Å². The Balaban J connectivity index is 0.00000370. The lowest BCUT2D eigenvalue weighted by atomic mass is 9.74. The number of nitrogens with one attached hydrogen (secondary N) is 1. The van der Waals surface area contributed by atoms with Crippen LogP contribution in [-0.4, -0.2) is 71.2 Å². The van der Waals surface area contributed by atoms with E-state index in [1.165, 1.54) is 62.8 Å². The van der Waals surface area contributed by atoms with Gasteiger partial charge in [0.05, 0.1) is 30.5 Å². The number of amides is 1. The molecule has 1 unspecified atom stereocenters. The molecule has 3 aromatic rings. The Hall–Kier alpha value is -3.25. The molecule has 40 heavy (non-hydrogen) atoms. The van der Waals surface area contributed by atoms with Crippen LogP contribution in [0.2, 0.25) is 0 Å². The fourth-order valence-corrected chi connectivity index (χ4v) is 6.93. The summed E-state index contributed by atoms with van der Waals surface area (Å²) in [5.74, 6) is -0.854. The fraction of sp³-hybridized carbons (Fsp3) is 0.357. The smallest absolute Gasteiger partial charge is 0.271 e. The van der Waals surface area contributed by atoms with Crippen LogP contribution in [0.1, 0.15) is 24.1 Å². The van der Waals surface area contributed by atoms with Crippen molar-refractivity contribution in [2.24, 2.45) is 0 Å². The van der Waals surface area contributed by atoms with E-state index in [-0.39, 0.29) is 46.5 Å². The molecular formula is C28H32ClFN4O5S. The lowest BCUT2D eigenvalue weighted by molar-refractivity contribution is -0.121. The van der Waals surface area contributed by atoms with Gasteiger partial charge in [-0.1, -0.05) is 24.3 Å². The van der Waals surface area contributed by atoms with Crippen LogP contribution in [0, 0.1) is 5.82 Å². The molecule has 1 fully saturated rings. The highest BCUT2D eigenvalue weighted by Crippen LogP contribution is 2.51. The average molecular weight is 591 g/mol. The molecule has 1 saturated heterocycles. The summed E-state index contributed by atoms with van der Waals surface area (Å²) in [5, 5.41) is 3.31. The minimum Gasteiger partial charge on any atom is -0.497 e. The van der Waals surface area contributed by atoms with Crippen LogP contribution in [0.3, 0.4) is 0 Å². The second kappa shape index (κ2) is 12.1. The number of ether oxygens (including phenoxy) is 2. The molecule has 0 aliphatic carbocycles. The maximum atomic E-state index is 15.5. The van der Waals surface area contributed by atoms with E-state index in [1.54, 1.807) is 12.1 Å². The molecule has 3 heterocycles. The van der Waals surface area contributed by atoms with Gasteiger partial charge in [0.15, 0.2) is 0 Å². The number of nitrogens with zero attached hydrogens (tertiary/aromatic N) is 3. The van der Waals surface area contributed by atoms with Gasteiger partial charge in [-0.15, -0.1) is 12.4 Å². The highest BCUT2D eigenvalue weighted by molar-refractivity contribution is 7.93. The number of methoxy groups -OCH3 is 2. The Labute approximate surface area is 239 Å². The Morgan fingerprint density at radius 1 is 1.02 bits per heavy atom. The van der Waals surface area contributed by atoms with E-state index in [1.807, 2.05) is 0 Å². The molecule has 214 valence electrons. The first-order chi connectivity index (χ1) is 18.8. The third-order valence-electron chi connectivity index (χ3n) is 7.38. The van der Waals surface area contributed by atoms with Gasteiger partial charge in [-0.3, -0.25) is 4.79 Å². The Kier molecular flexibility index (Phi) is 8.99. The first kappa shape index (κ1) is 29.7. The number of halogens is 2. The number of carbonyl (C=O) groups excluding carboxylic acids is 1. The summed E-state index contributed by atoms with van der Waals surface area (Å²) >= 11 is 0. The van der Waals surface area contributed by atoms with Gasteiger partial charge in [0.1, 0.15) is 17.0 Å². The predicted octanol–water partition coefficient (Wildman–Crippen LogP) is 3.37. The van der Waals surface area contributed by atoms with Crippen molar-refractivity contribution in [2.45, 2.75) is 23.2 Å². The van der Waals surface area contributed by atoms with E-state index in [2.05, 4.69) is 15.2 Å². The Morgan fingerprint density at radius 3 is 2.48 bits per heavy atom. The molecule has 0 spiro atoms. The monoisotopic (exact) mass is 590 g/mol. The van der Waals surface area contributed by atoms with Crippen molar-refractivity contribution < 1.29 is 27.1 Å². The number of hydrogen-bond acceptors (Lipinski definition) is 8. The van der Waals surface area contributed by atoms with Gasteiger partial charge in [-0.2, -0.15) is 4.31 Å². The van der Waals surface area contributed by atoms with Crippen molar-refractivity contribution in [3.63, 3.8) is 0 Å². The van der Waals surface area contributed by atoms with Gasteiger partial charge in [-0.05, 0) is 43.7 Å². The molecular weight excluding hydrogens is 559 g/mol. The Morgan fingerprint density at radius 2 is 1.77 bits per heavy atom. The number of fused-ring (bicyclic) bond motifs is 1. The van der Waals surface area contributed by atoms with E-state index in [4.69, 9.17) is 9.47 Å². The number of rotatable bonds is 9. The lowest BCUT2D eigenvalue weighted by Gasteiger charge is -2.31. The van der Waals surface area contributed by atoms with Gasteiger partial charge < -0.3 is 19.7 Å². The first-order valence-corrected chi connectivity index (χ1v) is 14.2. The molecule has 12 heteroatoms. The van der Waals surface area contributed by atoms with Gasteiger partial charge in [0.2, 0.25) is 5.88 Å². The number of hydrogen-bond donors (Lipinski definition) is 1. The van der Waals surface area contributed by atoms with Crippen LogP contribution in [0.4, 0.5) is 10.1 Å². The second-order valence-electron chi connectivity index (χ2n) is 9.56. The van der Waals surface area contributed by atoms with Gasteiger partial charge in [0.25, 0.3) is 15.9 Å². The third-order valence-corrected chi connectivity index (χ3v) is 9.07. The van der Waals surface area contributed by atoms with E-state index in [9.17, 15) is 13.2 Å². The van der Waals surface area contributed by atoms with Gasteiger partial charge >= 0.3 is 0 Å². The molecule has 9 nitrogen and oxygen atoms in total. The highest BCUT2D eigenvalue weighted by atomic mass is 35.5. The maximum Gasteiger partial charge on any atom is 0.271 e. The molecule has 0 radical (unpaired) electrons. The molecule has 0 saturated carbocycles. The van der Waals surface area contributed by atoms with Crippen molar-refractivity contribution in [2.75, 3.05) is 51.2 Å². The van der Waals surface area contributed by atoms with Crippen LogP contribution >= 0.6 is 12.4 Å². The number of sulfonamides is 1. The van der Waals surface area contributed by atoms with E-state index < -0.39 is 27.2 Å². The largest absolute Gasteiger partial charge is 0.497 e. The van der Waals surface area contributed by atoms with Gasteiger partial charge in [0, 0.05) is 43.9 Å². The number of pyridine rings is 1. The minimum atomic E-state index is -4.41. The molecule has 1 atom stereocenters. The van der Waals surface area contributed by atoms with Crippen molar-refractivity contribution >= 4 is 34.0 Å². The summed E-state index contributed by atoms with van der Waals surface area (Å²) in [6, 6.07) is 14.9. The second-order valence-corrected chi connectivity index (χ2v) is 11.3. The van der Waals surface area contributed by atoms with E-state index >= 15 is 4.39 Å². The molecule has 1 N–H and O–H groups in total. The van der Waals surface area contributed by atoms with Crippen LogP contribution in [0.5, 0.6) is 11.6 Å². The summed E-state index contributed by atoms with van der Waals surface area (Å²) in [4.78, 5) is 21.3. The number of anilines is 1. The van der Waals surface area contributed by atoms with E-state index in [0.29, 0.717) is 18.7 Å². The summed E-state index contributed by atoms with van der Waals surface area (Å²) in [6.07, 6.45) is 0.680. The molecule has 2 aliphatic heterocycles. The normalized spacial score (nSPS) is 19.2. The van der Waals surface area contributed by atoms with E-state index in [0.717, 1.165) is 30.5 Å². The highest BCUT2D eigenvalue weighted by Gasteiger charge is 2.58. The number of carbonyl (C=O) groups is 1. The van der Waals surface area contributed by atoms with Crippen LogP contribution in [-0.2, 0) is 20.2 Å².